The zero-order valence-corrected chi connectivity index (χ0v) is 17.3. The Kier molecular flexibility index (Phi) is 7.42. The van der Waals surface area contributed by atoms with Crippen molar-refractivity contribution in [1.82, 2.24) is 4.72 Å². The van der Waals surface area contributed by atoms with Crippen molar-refractivity contribution in [3.05, 3.63) is 48.0 Å². The summed E-state index contributed by atoms with van der Waals surface area (Å²) in [5.74, 6) is 0.652. The van der Waals surface area contributed by atoms with Gasteiger partial charge in [-0.25, -0.2) is 13.1 Å². The van der Waals surface area contributed by atoms with Gasteiger partial charge in [-0.15, -0.1) is 0 Å². The Hall–Kier alpha value is -2.58. The summed E-state index contributed by atoms with van der Waals surface area (Å²) < 4.78 is 38.2. The number of anilines is 1. The molecule has 0 aliphatic heterocycles. The third-order valence-electron chi connectivity index (χ3n) is 3.61. The lowest BCUT2D eigenvalue weighted by Crippen LogP contribution is -2.30. The summed E-state index contributed by atoms with van der Waals surface area (Å²) in [6, 6.07) is 10.8. The van der Waals surface area contributed by atoms with Gasteiger partial charge in [0.25, 0.3) is 5.91 Å². The number of ether oxygens (including phenoxy) is 2. The molecule has 0 heterocycles. The van der Waals surface area contributed by atoms with Crippen molar-refractivity contribution >= 4 is 21.6 Å². The molecule has 152 valence electrons. The molecule has 0 saturated heterocycles. The van der Waals surface area contributed by atoms with E-state index in [1.165, 1.54) is 18.2 Å². The van der Waals surface area contributed by atoms with Crippen molar-refractivity contribution in [2.24, 2.45) is 0 Å². The molecule has 28 heavy (non-hydrogen) atoms. The van der Waals surface area contributed by atoms with Gasteiger partial charge in [-0.1, -0.05) is 6.07 Å². The molecule has 0 aromatic heterocycles. The van der Waals surface area contributed by atoms with E-state index in [2.05, 4.69) is 10.0 Å². The Morgan fingerprint density at radius 3 is 2.39 bits per heavy atom. The smallest absolute Gasteiger partial charge is 0.255 e. The van der Waals surface area contributed by atoms with Gasteiger partial charge in [0.1, 0.15) is 11.5 Å². The van der Waals surface area contributed by atoms with Crippen LogP contribution in [0.15, 0.2) is 47.4 Å². The Bertz CT molecular complexity index is 926. The van der Waals surface area contributed by atoms with Crippen molar-refractivity contribution in [2.45, 2.75) is 38.6 Å². The predicted octanol–water partition coefficient (Wildman–Crippen LogP) is 3.42. The fraction of sp³-hybridized carbons (Fsp3) is 0.350. The highest BCUT2D eigenvalue weighted by molar-refractivity contribution is 7.89. The summed E-state index contributed by atoms with van der Waals surface area (Å²) in [5.41, 5.74) is 0.669. The normalized spacial score (nSPS) is 11.3. The summed E-state index contributed by atoms with van der Waals surface area (Å²) in [4.78, 5) is 12.7. The number of hydrogen-bond donors (Lipinski definition) is 2. The van der Waals surface area contributed by atoms with Gasteiger partial charge in [0, 0.05) is 17.7 Å². The largest absolute Gasteiger partial charge is 0.494 e. The SMILES string of the molecule is CCOc1ccc(OCC)c(NC(=O)c2cccc(S(=O)(=O)NC(C)C)c2)c1. The Morgan fingerprint density at radius 1 is 1.04 bits per heavy atom. The lowest BCUT2D eigenvalue weighted by molar-refractivity contribution is 0.102. The van der Waals surface area contributed by atoms with E-state index >= 15 is 0 Å². The highest BCUT2D eigenvalue weighted by Crippen LogP contribution is 2.30. The van der Waals surface area contributed by atoms with Crippen LogP contribution in [-0.2, 0) is 10.0 Å². The molecule has 8 heteroatoms. The molecule has 0 aliphatic rings. The summed E-state index contributed by atoms with van der Waals surface area (Å²) in [6.07, 6.45) is 0. The molecule has 2 aromatic carbocycles. The number of sulfonamides is 1. The maximum absolute atomic E-state index is 12.7. The molecule has 0 spiro atoms. The number of rotatable bonds is 9. The summed E-state index contributed by atoms with van der Waals surface area (Å²) >= 11 is 0. The van der Waals surface area contributed by atoms with Crippen LogP contribution in [0.3, 0.4) is 0 Å². The summed E-state index contributed by atoms with van der Waals surface area (Å²) in [5, 5.41) is 2.77. The first kappa shape index (κ1) is 21.7. The van der Waals surface area contributed by atoms with E-state index < -0.39 is 15.9 Å². The second-order valence-electron chi connectivity index (χ2n) is 6.28. The van der Waals surface area contributed by atoms with Crippen LogP contribution in [0.1, 0.15) is 38.1 Å². The first-order valence-corrected chi connectivity index (χ1v) is 10.6. The molecule has 0 unspecified atom stereocenters. The van der Waals surface area contributed by atoms with Crippen molar-refractivity contribution < 1.29 is 22.7 Å². The van der Waals surface area contributed by atoms with Crippen LogP contribution in [0, 0.1) is 0 Å². The topological polar surface area (TPSA) is 93.7 Å². The highest BCUT2D eigenvalue weighted by atomic mass is 32.2. The Morgan fingerprint density at radius 2 is 1.75 bits per heavy atom. The van der Waals surface area contributed by atoms with Gasteiger partial charge in [-0.05, 0) is 58.0 Å². The van der Waals surface area contributed by atoms with Crippen molar-refractivity contribution in [2.75, 3.05) is 18.5 Å². The average Bonchev–Trinajstić information content (AvgIpc) is 2.63. The predicted molar refractivity (Wildman–Crippen MR) is 109 cm³/mol. The Balaban J connectivity index is 2.30. The molecule has 0 fully saturated rings. The van der Waals surface area contributed by atoms with Crippen molar-refractivity contribution in [1.29, 1.82) is 0 Å². The molecular weight excluding hydrogens is 380 g/mol. The maximum Gasteiger partial charge on any atom is 0.255 e. The molecule has 1 amide bonds. The average molecular weight is 407 g/mol. The minimum absolute atomic E-state index is 0.0296. The van der Waals surface area contributed by atoms with E-state index in [1.54, 1.807) is 38.1 Å². The molecule has 0 bridgehead atoms. The van der Waals surface area contributed by atoms with Gasteiger partial charge in [0.05, 0.1) is 23.8 Å². The molecular formula is C20H26N2O5S. The fourth-order valence-electron chi connectivity index (χ4n) is 2.52. The van der Waals surface area contributed by atoms with Gasteiger partial charge in [-0.3, -0.25) is 4.79 Å². The van der Waals surface area contributed by atoms with E-state index in [0.29, 0.717) is 30.4 Å². The van der Waals surface area contributed by atoms with Crippen LogP contribution in [0.4, 0.5) is 5.69 Å². The lowest BCUT2D eigenvalue weighted by atomic mass is 10.2. The Labute approximate surface area is 166 Å². The van der Waals surface area contributed by atoms with Gasteiger partial charge < -0.3 is 14.8 Å². The first-order chi connectivity index (χ1) is 13.3. The number of carbonyl (C=O) groups is 1. The molecule has 2 aromatic rings. The lowest BCUT2D eigenvalue weighted by Gasteiger charge is -2.14. The van der Waals surface area contributed by atoms with Crippen molar-refractivity contribution in [3.8, 4) is 11.5 Å². The second kappa shape index (κ2) is 9.57. The van der Waals surface area contributed by atoms with Gasteiger partial charge in [0.2, 0.25) is 10.0 Å². The number of amides is 1. The van der Waals surface area contributed by atoms with E-state index in [1.807, 2.05) is 13.8 Å². The molecule has 2 N–H and O–H groups in total. The van der Waals surface area contributed by atoms with Crippen LogP contribution >= 0.6 is 0 Å². The number of benzene rings is 2. The molecule has 2 rings (SSSR count). The zero-order valence-electron chi connectivity index (χ0n) is 16.5. The number of hydrogen-bond acceptors (Lipinski definition) is 5. The van der Waals surface area contributed by atoms with Crippen LogP contribution < -0.4 is 19.5 Å². The minimum atomic E-state index is -3.69. The third-order valence-corrected chi connectivity index (χ3v) is 5.26. The first-order valence-electron chi connectivity index (χ1n) is 9.10. The summed E-state index contributed by atoms with van der Waals surface area (Å²) in [7, 11) is -3.69. The van der Waals surface area contributed by atoms with E-state index in [0.717, 1.165) is 0 Å². The molecule has 0 radical (unpaired) electrons. The van der Waals surface area contributed by atoms with Crippen LogP contribution in [0.5, 0.6) is 11.5 Å². The molecule has 0 atom stereocenters. The second-order valence-corrected chi connectivity index (χ2v) is 8.00. The van der Waals surface area contributed by atoms with Crippen LogP contribution in [0.2, 0.25) is 0 Å². The highest BCUT2D eigenvalue weighted by Gasteiger charge is 2.18. The number of nitrogens with one attached hydrogen (secondary N) is 2. The van der Waals surface area contributed by atoms with Crippen molar-refractivity contribution in [3.63, 3.8) is 0 Å². The maximum atomic E-state index is 12.7. The summed E-state index contributed by atoms with van der Waals surface area (Å²) in [6.45, 7) is 8.10. The quantitative estimate of drug-likeness (QED) is 0.665. The minimum Gasteiger partial charge on any atom is -0.494 e. The van der Waals surface area contributed by atoms with Gasteiger partial charge in [-0.2, -0.15) is 0 Å². The van der Waals surface area contributed by atoms with E-state index in [4.69, 9.17) is 9.47 Å². The van der Waals surface area contributed by atoms with Crippen LogP contribution in [0.25, 0.3) is 0 Å². The molecule has 0 aliphatic carbocycles. The fourth-order valence-corrected chi connectivity index (χ4v) is 3.82. The molecule has 0 saturated carbocycles. The third kappa shape index (κ3) is 5.71. The van der Waals surface area contributed by atoms with E-state index in [-0.39, 0.29) is 16.5 Å². The van der Waals surface area contributed by atoms with Gasteiger partial charge >= 0.3 is 0 Å². The molecule has 7 nitrogen and oxygen atoms in total. The van der Waals surface area contributed by atoms with Gasteiger partial charge in [0.15, 0.2) is 0 Å². The van der Waals surface area contributed by atoms with Crippen LogP contribution in [-0.4, -0.2) is 33.6 Å². The monoisotopic (exact) mass is 406 g/mol. The van der Waals surface area contributed by atoms with E-state index in [9.17, 15) is 13.2 Å². The number of carbonyl (C=O) groups excluding carboxylic acids is 1. The standard InChI is InChI=1S/C20H26N2O5S/c1-5-26-16-10-11-19(27-6-2)18(13-16)21-20(23)15-8-7-9-17(12-15)28(24,25)22-14(3)4/h7-14,22H,5-6H2,1-4H3,(H,21,23). The zero-order chi connectivity index (χ0) is 20.7.